The molecular formula is C16H24N2OS. The Balaban J connectivity index is 1.65. The van der Waals surface area contributed by atoms with E-state index < -0.39 is 0 Å². The minimum atomic E-state index is 0.0968. The Morgan fingerprint density at radius 1 is 1.35 bits per heavy atom. The normalized spacial score (nSPS) is 19.1. The van der Waals surface area contributed by atoms with Gasteiger partial charge in [0, 0.05) is 18.3 Å². The van der Waals surface area contributed by atoms with Crippen molar-refractivity contribution in [2.24, 2.45) is 5.73 Å². The van der Waals surface area contributed by atoms with E-state index in [9.17, 15) is 4.79 Å². The number of piperidine rings is 1. The number of rotatable bonds is 6. The quantitative estimate of drug-likeness (QED) is 0.818. The average Bonchev–Trinajstić information content (AvgIpc) is 2.52. The zero-order valence-corrected chi connectivity index (χ0v) is 12.8. The highest BCUT2D eigenvalue weighted by molar-refractivity contribution is 7.99. The molecule has 0 spiro atoms. The first-order chi connectivity index (χ1) is 9.79. The molecule has 1 amide bonds. The second-order valence-electron chi connectivity index (χ2n) is 5.27. The van der Waals surface area contributed by atoms with Gasteiger partial charge in [-0.1, -0.05) is 30.3 Å². The summed E-state index contributed by atoms with van der Waals surface area (Å²) in [6, 6.07) is 10.6. The van der Waals surface area contributed by atoms with Gasteiger partial charge >= 0.3 is 0 Å². The van der Waals surface area contributed by atoms with E-state index >= 15 is 0 Å². The Hall–Kier alpha value is -1.00. The number of aryl methyl sites for hydroxylation is 1. The summed E-state index contributed by atoms with van der Waals surface area (Å²) in [5, 5.41) is 0.593. The minimum Gasteiger partial charge on any atom is -0.340 e. The van der Waals surface area contributed by atoms with E-state index in [2.05, 4.69) is 30.3 Å². The van der Waals surface area contributed by atoms with Gasteiger partial charge in [0.15, 0.2) is 0 Å². The highest BCUT2D eigenvalue weighted by atomic mass is 32.2. The number of hydrogen-bond acceptors (Lipinski definition) is 3. The predicted octanol–water partition coefficient (Wildman–Crippen LogP) is 2.30. The molecule has 1 fully saturated rings. The molecule has 0 aromatic heterocycles. The molecule has 4 heteroatoms. The largest absolute Gasteiger partial charge is 0.340 e. The summed E-state index contributed by atoms with van der Waals surface area (Å²) in [4.78, 5) is 13.5. The molecule has 1 aromatic rings. The van der Waals surface area contributed by atoms with Crippen LogP contribution in [0.2, 0.25) is 0 Å². The highest BCUT2D eigenvalue weighted by Gasteiger charge is 2.22. The van der Waals surface area contributed by atoms with Gasteiger partial charge in [-0.05, 0) is 37.0 Å². The maximum absolute atomic E-state index is 11.6. The van der Waals surface area contributed by atoms with Gasteiger partial charge in [0.2, 0.25) is 5.91 Å². The van der Waals surface area contributed by atoms with E-state index in [0.29, 0.717) is 5.25 Å². The van der Waals surface area contributed by atoms with Gasteiger partial charge in [-0.3, -0.25) is 4.79 Å². The van der Waals surface area contributed by atoms with Crippen LogP contribution in [0.15, 0.2) is 30.3 Å². The standard InChI is InChI=1S/C16H24N2OS/c17-12-16(19)18-10-4-9-15(13-18)20-11-5-8-14-6-2-1-3-7-14/h1-3,6-7,15H,4-5,8-13,17H2. The summed E-state index contributed by atoms with van der Waals surface area (Å²) in [7, 11) is 0. The number of carbonyl (C=O) groups is 1. The Bertz CT molecular complexity index is 410. The van der Waals surface area contributed by atoms with Crippen molar-refractivity contribution in [3.05, 3.63) is 35.9 Å². The molecule has 0 saturated carbocycles. The number of nitrogens with zero attached hydrogens (tertiary/aromatic N) is 1. The van der Waals surface area contributed by atoms with Crippen LogP contribution < -0.4 is 5.73 Å². The van der Waals surface area contributed by atoms with Gasteiger partial charge in [-0.2, -0.15) is 11.8 Å². The molecule has 1 unspecified atom stereocenters. The molecule has 1 saturated heterocycles. The SMILES string of the molecule is NCC(=O)N1CCCC(SCCCc2ccccc2)C1. The summed E-state index contributed by atoms with van der Waals surface area (Å²) in [6.07, 6.45) is 4.69. The first kappa shape index (κ1) is 15.4. The number of benzene rings is 1. The predicted molar refractivity (Wildman–Crippen MR) is 85.9 cm³/mol. The minimum absolute atomic E-state index is 0.0968. The Morgan fingerprint density at radius 2 is 2.15 bits per heavy atom. The maximum atomic E-state index is 11.6. The molecule has 2 N–H and O–H groups in total. The topological polar surface area (TPSA) is 46.3 Å². The van der Waals surface area contributed by atoms with E-state index in [1.165, 1.54) is 24.2 Å². The smallest absolute Gasteiger partial charge is 0.236 e. The van der Waals surface area contributed by atoms with Crippen LogP contribution in [0.3, 0.4) is 0 Å². The third-order valence-corrected chi connectivity index (χ3v) is 5.09. The second kappa shape index (κ2) is 8.32. The number of nitrogens with two attached hydrogens (primary N) is 1. The zero-order chi connectivity index (χ0) is 14.2. The van der Waals surface area contributed by atoms with Crippen molar-refractivity contribution in [2.45, 2.75) is 30.9 Å². The van der Waals surface area contributed by atoms with E-state index in [1.807, 2.05) is 16.7 Å². The molecular weight excluding hydrogens is 268 g/mol. The number of likely N-dealkylation sites (tertiary alicyclic amines) is 1. The van der Waals surface area contributed by atoms with E-state index in [4.69, 9.17) is 5.73 Å². The van der Waals surface area contributed by atoms with Crippen LogP contribution in [0.25, 0.3) is 0 Å². The highest BCUT2D eigenvalue weighted by Crippen LogP contribution is 2.23. The molecule has 0 bridgehead atoms. The zero-order valence-electron chi connectivity index (χ0n) is 12.0. The summed E-state index contributed by atoms with van der Waals surface area (Å²) in [5.41, 5.74) is 6.85. The summed E-state index contributed by atoms with van der Waals surface area (Å²) in [5.74, 6) is 1.27. The van der Waals surface area contributed by atoms with Gasteiger partial charge in [0.1, 0.15) is 0 Å². The van der Waals surface area contributed by atoms with Crippen LogP contribution in [0.1, 0.15) is 24.8 Å². The first-order valence-electron chi connectivity index (χ1n) is 7.43. The Kier molecular flexibility index (Phi) is 6.40. The molecule has 0 aliphatic carbocycles. The number of hydrogen-bond donors (Lipinski definition) is 1. The van der Waals surface area contributed by atoms with Crippen LogP contribution in [-0.4, -0.2) is 41.4 Å². The van der Waals surface area contributed by atoms with E-state index in [0.717, 1.165) is 25.9 Å². The van der Waals surface area contributed by atoms with Crippen molar-refractivity contribution in [2.75, 3.05) is 25.4 Å². The molecule has 1 heterocycles. The van der Waals surface area contributed by atoms with Crippen molar-refractivity contribution in [3.8, 4) is 0 Å². The lowest BCUT2D eigenvalue weighted by Gasteiger charge is -2.32. The lowest BCUT2D eigenvalue weighted by molar-refractivity contribution is -0.130. The average molecular weight is 292 g/mol. The summed E-state index contributed by atoms with van der Waals surface area (Å²) in [6.45, 7) is 1.91. The first-order valence-corrected chi connectivity index (χ1v) is 8.48. The fraction of sp³-hybridized carbons (Fsp3) is 0.562. The number of thioether (sulfide) groups is 1. The van der Waals surface area contributed by atoms with Gasteiger partial charge in [0.25, 0.3) is 0 Å². The van der Waals surface area contributed by atoms with Crippen LogP contribution in [-0.2, 0) is 11.2 Å². The molecule has 110 valence electrons. The van der Waals surface area contributed by atoms with Crippen LogP contribution in [0, 0.1) is 0 Å². The summed E-state index contributed by atoms with van der Waals surface area (Å²) < 4.78 is 0. The fourth-order valence-corrected chi connectivity index (χ4v) is 3.86. The summed E-state index contributed by atoms with van der Waals surface area (Å²) >= 11 is 2.01. The van der Waals surface area contributed by atoms with Gasteiger partial charge in [-0.15, -0.1) is 0 Å². The van der Waals surface area contributed by atoms with Crippen LogP contribution >= 0.6 is 11.8 Å². The van der Waals surface area contributed by atoms with Gasteiger partial charge < -0.3 is 10.6 Å². The fourth-order valence-electron chi connectivity index (χ4n) is 2.60. The van der Waals surface area contributed by atoms with E-state index in [1.54, 1.807) is 0 Å². The third-order valence-electron chi connectivity index (χ3n) is 3.71. The van der Waals surface area contributed by atoms with Crippen LogP contribution in [0.4, 0.5) is 0 Å². The van der Waals surface area contributed by atoms with Crippen molar-refractivity contribution >= 4 is 17.7 Å². The van der Waals surface area contributed by atoms with Crippen molar-refractivity contribution < 1.29 is 4.79 Å². The Labute approximate surface area is 125 Å². The molecule has 1 aliphatic rings. The lowest BCUT2D eigenvalue weighted by Crippen LogP contribution is -2.44. The third kappa shape index (κ3) is 4.84. The van der Waals surface area contributed by atoms with E-state index in [-0.39, 0.29) is 12.5 Å². The van der Waals surface area contributed by atoms with Gasteiger partial charge in [-0.25, -0.2) is 0 Å². The monoisotopic (exact) mass is 292 g/mol. The lowest BCUT2D eigenvalue weighted by atomic mass is 10.1. The number of carbonyl (C=O) groups excluding carboxylic acids is 1. The maximum Gasteiger partial charge on any atom is 0.236 e. The second-order valence-corrected chi connectivity index (χ2v) is 6.68. The van der Waals surface area contributed by atoms with Crippen molar-refractivity contribution in [1.29, 1.82) is 0 Å². The molecule has 20 heavy (non-hydrogen) atoms. The molecule has 1 aliphatic heterocycles. The molecule has 3 nitrogen and oxygen atoms in total. The van der Waals surface area contributed by atoms with Gasteiger partial charge in [0.05, 0.1) is 6.54 Å². The van der Waals surface area contributed by atoms with Crippen molar-refractivity contribution in [1.82, 2.24) is 4.90 Å². The molecule has 1 aromatic carbocycles. The molecule has 0 radical (unpaired) electrons. The van der Waals surface area contributed by atoms with Crippen molar-refractivity contribution in [3.63, 3.8) is 0 Å². The molecule has 2 rings (SSSR count). The van der Waals surface area contributed by atoms with Crippen LogP contribution in [0.5, 0.6) is 0 Å². The molecule has 1 atom stereocenters. The number of amides is 1. The Morgan fingerprint density at radius 3 is 2.90 bits per heavy atom.